The van der Waals surface area contributed by atoms with Gasteiger partial charge in [0.2, 0.25) is 7.37 Å². The minimum Gasteiger partial charge on any atom is -0.507 e. The average molecular weight is 340 g/mol. The molecule has 132 valence electrons. The third kappa shape index (κ3) is 6.31. The van der Waals surface area contributed by atoms with Crippen LogP contribution in [0.15, 0.2) is 12.1 Å². The quantitative estimate of drug-likeness (QED) is 0.509. The Morgan fingerprint density at radius 2 is 1.52 bits per heavy atom. The molecule has 1 unspecified atom stereocenters. The van der Waals surface area contributed by atoms with E-state index in [0.717, 1.165) is 55.2 Å². The standard InChI is InChI=1S/C19H33O3P/c1-5-9-11-17-13-16(15-23(21,8-4)22-7-3)14-18(19(17)20)12-10-6-2/h13-14,20H,5-12,15H2,1-4H3. The van der Waals surface area contributed by atoms with E-state index in [-0.39, 0.29) is 0 Å². The normalized spacial score (nSPS) is 13.9. The van der Waals surface area contributed by atoms with Crippen molar-refractivity contribution in [2.24, 2.45) is 0 Å². The molecule has 0 fully saturated rings. The predicted molar refractivity (Wildman–Crippen MR) is 98.8 cm³/mol. The molecule has 1 aromatic carbocycles. The molecule has 23 heavy (non-hydrogen) atoms. The van der Waals surface area contributed by atoms with Crippen molar-refractivity contribution < 1.29 is 14.2 Å². The van der Waals surface area contributed by atoms with E-state index in [0.29, 0.717) is 24.7 Å². The van der Waals surface area contributed by atoms with Gasteiger partial charge >= 0.3 is 0 Å². The van der Waals surface area contributed by atoms with Gasteiger partial charge in [-0.25, -0.2) is 0 Å². The third-order valence-electron chi connectivity index (χ3n) is 4.20. The van der Waals surface area contributed by atoms with Crippen LogP contribution in [0.4, 0.5) is 0 Å². The fourth-order valence-electron chi connectivity index (χ4n) is 2.80. The summed E-state index contributed by atoms with van der Waals surface area (Å²) < 4.78 is 18.4. The maximum Gasteiger partial charge on any atom is 0.207 e. The highest BCUT2D eigenvalue weighted by atomic mass is 31.2. The molecule has 0 aliphatic rings. The first-order valence-electron chi connectivity index (χ1n) is 9.05. The number of rotatable bonds is 11. The van der Waals surface area contributed by atoms with Gasteiger partial charge in [-0.1, -0.05) is 45.7 Å². The van der Waals surface area contributed by atoms with Gasteiger partial charge in [0.15, 0.2) is 0 Å². The molecule has 0 aliphatic heterocycles. The van der Waals surface area contributed by atoms with Crippen LogP contribution >= 0.6 is 7.37 Å². The Morgan fingerprint density at radius 3 is 1.91 bits per heavy atom. The van der Waals surface area contributed by atoms with E-state index in [1.54, 1.807) is 0 Å². The molecule has 0 spiro atoms. The minimum atomic E-state index is -2.61. The second-order valence-corrected chi connectivity index (χ2v) is 9.01. The van der Waals surface area contributed by atoms with E-state index in [1.165, 1.54) is 0 Å². The Kier molecular flexibility index (Phi) is 8.94. The molecule has 0 amide bonds. The summed E-state index contributed by atoms with van der Waals surface area (Å²) >= 11 is 0. The Morgan fingerprint density at radius 1 is 1.00 bits per heavy atom. The van der Waals surface area contributed by atoms with Gasteiger partial charge in [0, 0.05) is 12.3 Å². The van der Waals surface area contributed by atoms with E-state index >= 15 is 0 Å². The summed E-state index contributed by atoms with van der Waals surface area (Å²) in [5.41, 5.74) is 3.03. The van der Waals surface area contributed by atoms with Crippen LogP contribution in [0.2, 0.25) is 0 Å². The summed E-state index contributed by atoms with van der Waals surface area (Å²) in [5.74, 6) is 0.443. The Bertz CT molecular complexity index is 496. The SMILES string of the molecule is CCCCc1cc(CP(=O)(CC)OCC)cc(CCCC)c1O. The fraction of sp³-hybridized carbons (Fsp3) is 0.684. The van der Waals surface area contributed by atoms with Gasteiger partial charge in [-0.15, -0.1) is 0 Å². The van der Waals surface area contributed by atoms with Crippen LogP contribution in [0.25, 0.3) is 0 Å². The van der Waals surface area contributed by atoms with Gasteiger partial charge < -0.3 is 9.63 Å². The number of phenolic OH excluding ortho intramolecular Hbond substituents is 1. The second-order valence-electron chi connectivity index (χ2n) is 6.18. The number of hydrogen-bond donors (Lipinski definition) is 1. The van der Waals surface area contributed by atoms with E-state index in [2.05, 4.69) is 13.8 Å². The largest absolute Gasteiger partial charge is 0.507 e. The van der Waals surface area contributed by atoms with E-state index < -0.39 is 7.37 Å². The number of unbranched alkanes of at least 4 members (excludes halogenated alkanes) is 2. The molecule has 0 saturated heterocycles. The molecular formula is C19H33O3P. The van der Waals surface area contributed by atoms with Crippen molar-refractivity contribution in [1.82, 2.24) is 0 Å². The lowest BCUT2D eigenvalue weighted by atomic mass is 9.97. The van der Waals surface area contributed by atoms with Crippen molar-refractivity contribution >= 4 is 7.37 Å². The zero-order valence-electron chi connectivity index (χ0n) is 15.2. The average Bonchev–Trinajstić information content (AvgIpc) is 2.54. The van der Waals surface area contributed by atoms with Crippen molar-refractivity contribution in [3.8, 4) is 5.75 Å². The summed E-state index contributed by atoms with van der Waals surface area (Å²) in [4.78, 5) is 0. The number of aromatic hydroxyl groups is 1. The highest BCUT2D eigenvalue weighted by Crippen LogP contribution is 2.50. The third-order valence-corrected chi connectivity index (χ3v) is 6.74. The molecule has 0 heterocycles. The molecule has 0 radical (unpaired) electrons. The maximum atomic E-state index is 12.8. The van der Waals surface area contributed by atoms with Crippen LogP contribution in [0.5, 0.6) is 5.75 Å². The van der Waals surface area contributed by atoms with Crippen LogP contribution < -0.4 is 0 Å². The number of benzene rings is 1. The van der Waals surface area contributed by atoms with Gasteiger partial charge in [-0.05, 0) is 49.3 Å². The summed E-state index contributed by atoms with van der Waals surface area (Å²) in [6.07, 6.45) is 7.08. The lowest BCUT2D eigenvalue weighted by Crippen LogP contribution is -2.00. The molecule has 1 aromatic rings. The van der Waals surface area contributed by atoms with Crippen molar-refractivity contribution in [1.29, 1.82) is 0 Å². The van der Waals surface area contributed by atoms with Gasteiger partial charge in [-0.3, -0.25) is 4.57 Å². The minimum absolute atomic E-state index is 0.443. The first kappa shape index (κ1) is 20.3. The van der Waals surface area contributed by atoms with Crippen molar-refractivity contribution in [3.05, 3.63) is 28.8 Å². The topological polar surface area (TPSA) is 46.5 Å². The molecule has 0 bridgehead atoms. The van der Waals surface area contributed by atoms with Crippen LogP contribution in [0, 0.1) is 0 Å². The van der Waals surface area contributed by atoms with Crippen LogP contribution in [-0.4, -0.2) is 17.9 Å². The fourth-order valence-corrected chi connectivity index (χ4v) is 4.51. The Labute approximate surface area is 141 Å². The first-order valence-corrected chi connectivity index (χ1v) is 11.0. The molecule has 1 atom stereocenters. The lowest BCUT2D eigenvalue weighted by molar-refractivity contribution is 0.333. The van der Waals surface area contributed by atoms with Crippen LogP contribution in [0.3, 0.4) is 0 Å². The van der Waals surface area contributed by atoms with Crippen molar-refractivity contribution in [2.45, 2.75) is 72.4 Å². The monoisotopic (exact) mass is 340 g/mol. The highest BCUT2D eigenvalue weighted by Gasteiger charge is 2.22. The maximum absolute atomic E-state index is 12.8. The van der Waals surface area contributed by atoms with E-state index in [1.807, 2.05) is 26.0 Å². The molecule has 1 rings (SSSR count). The second kappa shape index (κ2) is 10.2. The molecule has 0 saturated carbocycles. The summed E-state index contributed by atoms with van der Waals surface area (Å²) in [6.45, 7) is 8.60. The van der Waals surface area contributed by atoms with Gasteiger partial charge in [-0.2, -0.15) is 0 Å². The zero-order chi connectivity index (χ0) is 17.3. The zero-order valence-corrected chi connectivity index (χ0v) is 16.1. The highest BCUT2D eigenvalue weighted by molar-refractivity contribution is 7.58. The van der Waals surface area contributed by atoms with Crippen LogP contribution in [0.1, 0.15) is 70.1 Å². The Balaban J connectivity index is 3.11. The first-order chi connectivity index (χ1) is 11.0. The summed E-state index contributed by atoms with van der Waals surface area (Å²) in [7, 11) is -2.61. The summed E-state index contributed by atoms with van der Waals surface area (Å²) in [5, 5.41) is 10.5. The molecular weight excluding hydrogens is 307 g/mol. The molecule has 1 N–H and O–H groups in total. The Hall–Kier alpha value is -0.790. The predicted octanol–water partition coefficient (Wildman–Crippen LogP) is 5.91. The van der Waals surface area contributed by atoms with Gasteiger partial charge in [0.1, 0.15) is 5.75 Å². The van der Waals surface area contributed by atoms with Crippen LogP contribution in [-0.2, 0) is 28.1 Å². The number of aryl methyl sites for hydroxylation is 2. The van der Waals surface area contributed by atoms with Gasteiger partial charge in [0.25, 0.3) is 0 Å². The smallest absolute Gasteiger partial charge is 0.207 e. The lowest BCUT2D eigenvalue weighted by Gasteiger charge is -2.18. The number of hydrogen-bond acceptors (Lipinski definition) is 3. The molecule has 4 heteroatoms. The van der Waals surface area contributed by atoms with Crippen molar-refractivity contribution in [2.75, 3.05) is 12.8 Å². The molecule has 0 aromatic heterocycles. The van der Waals surface area contributed by atoms with Crippen molar-refractivity contribution in [3.63, 3.8) is 0 Å². The van der Waals surface area contributed by atoms with Gasteiger partial charge in [0.05, 0.1) is 6.61 Å². The molecule has 0 aliphatic carbocycles. The van der Waals surface area contributed by atoms with E-state index in [9.17, 15) is 9.67 Å². The van der Waals surface area contributed by atoms with E-state index in [4.69, 9.17) is 4.52 Å². The number of phenols is 1. The molecule has 3 nitrogen and oxygen atoms in total. The summed E-state index contributed by atoms with van der Waals surface area (Å²) in [6, 6.07) is 4.06.